The Bertz CT molecular complexity index is 827. The average Bonchev–Trinajstić information content (AvgIpc) is 2.58. The highest BCUT2D eigenvalue weighted by Gasteiger charge is 2.20. The summed E-state index contributed by atoms with van der Waals surface area (Å²) in [6, 6.07) is 24.5. The van der Waals surface area contributed by atoms with Crippen molar-refractivity contribution >= 4 is 5.91 Å². The van der Waals surface area contributed by atoms with E-state index in [0.29, 0.717) is 0 Å². The Morgan fingerprint density at radius 2 is 1.39 bits per heavy atom. The van der Waals surface area contributed by atoms with E-state index in [9.17, 15) is 4.79 Å². The van der Waals surface area contributed by atoms with Crippen molar-refractivity contribution in [3.8, 4) is 22.4 Å². The third-order valence-corrected chi connectivity index (χ3v) is 3.70. The standard InChI is InChI=1S/C20H18N2O/c1-15-13-19(17-9-5-3-6-10-17)14-20(22(15)21-16(2)23)18-11-7-4-8-12-18/h3-14H,1-2H3/p+1. The SMILES string of the molecule is CC(=O)N[n+]1c(C)cc(-c2ccccc2)cc1-c1ccccc1. The number of nitrogens with one attached hydrogen (secondary N) is 1. The number of pyridine rings is 1. The van der Waals surface area contributed by atoms with E-state index in [0.717, 1.165) is 28.1 Å². The van der Waals surface area contributed by atoms with Gasteiger partial charge in [0, 0.05) is 31.5 Å². The van der Waals surface area contributed by atoms with Crippen LogP contribution in [0.15, 0.2) is 72.8 Å². The van der Waals surface area contributed by atoms with Crippen molar-refractivity contribution in [2.24, 2.45) is 0 Å². The maximum Gasteiger partial charge on any atom is 0.271 e. The number of carbonyl (C=O) groups excluding carboxylic acids is 1. The highest BCUT2D eigenvalue weighted by Crippen LogP contribution is 2.24. The molecular weight excluding hydrogens is 284 g/mol. The summed E-state index contributed by atoms with van der Waals surface area (Å²) in [6.45, 7) is 3.52. The molecule has 1 heterocycles. The number of amides is 1. The van der Waals surface area contributed by atoms with Crippen LogP contribution in [-0.2, 0) is 4.79 Å². The summed E-state index contributed by atoms with van der Waals surface area (Å²) in [5, 5.41) is 0. The second-order valence-electron chi connectivity index (χ2n) is 5.51. The van der Waals surface area contributed by atoms with Gasteiger partial charge in [-0.15, -0.1) is 5.43 Å². The van der Waals surface area contributed by atoms with Crippen molar-refractivity contribution in [3.63, 3.8) is 0 Å². The molecule has 0 saturated heterocycles. The van der Waals surface area contributed by atoms with Crippen LogP contribution in [0.2, 0.25) is 0 Å². The average molecular weight is 303 g/mol. The summed E-state index contributed by atoms with van der Waals surface area (Å²) < 4.78 is 1.84. The summed E-state index contributed by atoms with van der Waals surface area (Å²) in [5.41, 5.74) is 8.17. The Morgan fingerprint density at radius 3 is 1.96 bits per heavy atom. The fourth-order valence-corrected chi connectivity index (χ4v) is 2.66. The van der Waals surface area contributed by atoms with Gasteiger partial charge < -0.3 is 0 Å². The lowest BCUT2D eigenvalue weighted by Gasteiger charge is -2.09. The van der Waals surface area contributed by atoms with Gasteiger partial charge in [0.15, 0.2) is 0 Å². The first kappa shape index (κ1) is 15.0. The van der Waals surface area contributed by atoms with Crippen LogP contribution in [-0.4, -0.2) is 5.91 Å². The van der Waals surface area contributed by atoms with Crippen molar-refractivity contribution in [3.05, 3.63) is 78.5 Å². The van der Waals surface area contributed by atoms with E-state index in [1.165, 1.54) is 6.92 Å². The number of benzene rings is 2. The molecule has 0 spiro atoms. The van der Waals surface area contributed by atoms with E-state index >= 15 is 0 Å². The Balaban J connectivity index is 2.20. The first-order chi connectivity index (χ1) is 11.1. The quantitative estimate of drug-likeness (QED) is 0.735. The molecule has 3 heteroatoms. The third kappa shape index (κ3) is 3.29. The number of rotatable bonds is 3. The van der Waals surface area contributed by atoms with E-state index in [1.807, 2.05) is 60.1 Å². The third-order valence-electron chi connectivity index (χ3n) is 3.70. The molecule has 0 atom stereocenters. The Hall–Kier alpha value is -2.94. The van der Waals surface area contributed by atoms with Crippen molar-refractivity contribution in [1.82, 2.24) is 0 Å². The molecule has 0 unspecified atom stereocenters. The molecule has 1 amide bonds. The van der Waals surface area contributed by atoms with Crippen LogP contribution >= 0.6 is 0 Å². The second kappa shape index (κ2) is 6.44. The Morgan fingerprint density at radius 1 is 0.826 bits per heavy atom. The first-order valence-corrected chi connectivity index (χ1v) is 7.60. The molecule has 0 radical (unpaired) electrons. The largest absolute Gasteiger partial charge is 0.271 e. The molecule has 1 N–H and O–H groups in total. The van der Waals surface area contributed by atoms with Gasteiger partial charge in [0.25, 0.3) is 5.91 Å². The predicted octanol–water partition coefficient (Wildman–Crippen LogP) is 3.71. The van der Waals surface area contributed by atoms with Crippen molar-refractivity contribution in [1.29, 1.82) is 0 Å². The normalized spacial score (nSPS) is 10.3. The number of hydrogen-bond acceptors (Lipinski definition) is 1. The van der Waals surface area contributed by atoms with E-state index < -0.39 is 0 Å². The molecule has 3 aromatic rings. The summed E-state index contributed by atoms with van der Waals surface area (Å²) in [5.74, 6) is -0.0947. The van der Waals surface area contributed by atoms with Crippen LogP contribution in [0.4, 0.5) is 0 Å². The minimum absolute atomic E-state index is 0.0947. The van der Waals surface area contributed by atoms with Gasteiger partial charge in [0.1, 0.15) is 0 Å². The number of aryl methyl sites for hydroxylation is 1. The minimum atomic E-state index is -0.0947. The molecule has 3 nitrogen and oxygen atoms in total. The summed E-state index contributed by atoms with van der Waals surface area (Å²) in [6.07, 6.45) is 0. The number of aromatic nitrogens is 1. The monoisotopic (exact) mass is 303 g/mol. The van der Waals surface area contributed by atoms with E-state index in [1.54, 1.807) is 0 Å². The van der Waals surface area contributed by atoms with Crippen molar-refractivity contribution in [2.45, 2.75) is 13.8 Å². The van der Waals surface area contributed by atoms with Crippen LogP contribution in [0.25, 0.3) is 22.4 Å². The van der Waals surface area contributed by atoms with Crippen LogP contribution in [0.1, 0.15) is 12.6 Å². The zero-order chi connectivity index (χ0) is 16.2. The van der Waals surface area contributed by atoms with Gasteiger partial charge in [-0.2, -0.15) is 0 Å². The van der Waals surface area contributed by atoms with Gasteiger partial charge in [-0.25, -0.2) is 0 Å². The molecule has 0 fully saturated rings. The molecule has 0 aliphatic carbocycles. The molecule has 23 heavy (non-hydrogen) atoms. The lowest BCUT2D eigenvalue weighted by Crippen LogP contribution is -2.51. The predicted molar refractivity (Wildman–Crippen MR) is 92.3 cm³/mol. The number of carbonyl (C=O) groups is 1. The molecule has 0 aliphatic rings. The maximum atomic E-state index is 11.6. The van der Waals surface area contributed by atoms with E-state index in [4.69, 9.17) is 0 Å². The summed E-state index contributed by atoms with van der Waals surface area (Å²) in [7, 11) is 0. The first-order valence-electron chi connectivity index (χ1n) is 7.60. The van der Waals surface area contributed by atoms with Gasteiger partial charge >= 0.3 is 0 Å². The summed E-state index contributed by atoms with van der Waals surface area (Å²) >= 11 is 0. The fourth-order valence-electron chi connectivity index (χ4n) is 2.66. The Labute approximate surface area is 136 Å². The lowest BCUT2D eigenvalue weighted by atomic mass is 10.0. The van der Waals surface area contributed by atoms with Crippen LogP contribution in [0.3, 0.4) is 0 Å². The Kier molecular flexibility index (Phi) is 4.20. The van der Waals surface area contributed by atoms with E-state index in [-0.39, 0.29) is 5.91 Å². The van der Waals surface area contributed by atoms with Gasteiger partial charge in [0.05, 0.1) is 0 Å². The van der Waals surface area contributed by atoms with Crippen LogP contribution in [0, 0.1) is 6.92 Å². The molecule has 1 aromatic heterocycles. The van der Waals surface area contributed by atoms with E-state index in [2.05, 4.69) is 29.7 Å². The molecular formula is C20H19N2O+. The van der Waals surface area contributed by atoms with Crippen LogP contribution < -0.4 is 10.1 Å². The van der Waals surface area contributed by atoms with Gasteiger partial charge in [-0.1, -0.05) is 53.2 Å². The summed E-state index contributed by atoms with van der Waals surface area (Å²) in [4.78, 5) is 11.6. The topological polar surface area (TPSA) is 33.0 Å². The smallest absolute Gasteiger partial charge is 0.270 e. The minimum Gasteiger partial charge on any atom is -0.270 e. The molecule has 0 aliphatic heterocycles. The van der Waals surface area contributed by atoms with Crippen molar-refractivity contribution in [2.75, 3.05) is 5.43 Å². The van der Waals surface area contributed by atoms with Crippen molar-refractivity contribution < 1.29 is 9.47 Å². The highest BCUT2D eigenvalue weighted by atomic mass is 16.2. The zero-order valence-corrected chi connectivity index (χ0v) is 13.3. The highest BCUT2D eigenvalue weighted by molar-refractivity contribution is 5.79. The molecule has 3 rings (SSSR count). The zero-order valence-electron chi connectivity index (χ0n) is 13.3. The van der Waals surface area contributed by atoms with Gasteiger partial charge in [-0.3, -0.25) is 4.79 Å². The molecule has 2 aromatic carbocycles. The van der Waals surface area contributed by atoms with Gasteiger partial charge in [-0.05, 0) is 23.3 Å². The molecule has 0 bridgehead atoms. The lowest BCUT2D eigenvalue weighted by molar-refractivity contribution is -0.637. The maximum absolute atomic E-state index is 11.6. The second-order valence-corrected chi connectivity index (χ2v) is 5.51. The van der Waals surface area contributed by atoms with Crippen LogP contribution in [0.5, 0.6) is 0 Å². The number of hydrogen-bond donors (Lipinski definition) is 1. The van der Waals surface area contributed by atoms with Gasteiger partial charge in [0.2, 0.25) is 11.4 Å². The fraction of sp³-hybridized carbons (Fsp3) is 0.100. The number of nitrogens with zero attached hydrogens (tertiary/aromatic N) is 1. The molecule has 0 saturated carbocycles. The molecule has 114 valence electrons.